The molecule has 0 aliphatic rings. The van der Waals surface area contributed by atoms with E-state index in [-0.39, 0.29) is 24.2 Å². The number of carbonyl (C=O) groups excluding carboxylic acids is 1. The minimum Gasteiger partial charge on any atom is -0.480 e. The Morgan fingerprint density at radius 2 is 1.81 bits per heavy atom. The highest BCUT2D eigenvalue weighted by atomic mass is 16.4. The summed E-state index contributed by atoms with van der Waals surface area (Å²) in [5.41, 5.74) is 0.251. The number of nitrogens with one attached hydrogen (secondary N) is 1. The number of nitrogens with zero attached hydrogens (tertiary/aromatic N) is 3. The van der Waals surface area contributed by atoms with Gasteiger partial charge < -0.3 is 15.3 Å². The number of unbranched alkanes of at least 4 members (excludes halogenated alkanes) is 4. The van der Waals surface area contributed by atoms with E-state index in [0.29, 0.717) is 0 Å². The second-order valence-corrected chi connectivity index (χ2v) is 6.88. The second-order valence-electron chi connectivity index (χ2n) is 6.88. The van der Waals surface area contributed by atoms with Crippen molar-refractivity contribution in [3.63, 3.8) is 0 Å². The normalized spacial score (nSPS) is 12.3. The average Bonchev–Trinajstić information content (AvgIpc) is 3.02. The van der Waals surface area contributed by atoms with Crippen LogP contribution in [0.3, 0.4) is 0 Å². The zero-order valence-corrected chi connectivity index (χ0v) is 16.4. The van der Waals surface area contributed by atoms with Gasteiger partial charge in [0.15, 0.2) is 0 Å². The monoisotopic (exact) mass is 366 g/mol. The van der Waals surface area contributed by atoms with Crippen LogP contribution in [0.1, 0.15) is 69.8 Å². The van der Waals surface area contributed by atoms with E-state index in [2.05, 4.69) is 29.2 Å². The lowest BCUT2D eigenvalue weighted by Crippen LogP contribution is -2.42. The summed E-state index contributed by atoms with van der Waals surface area (Å²) in [6.45, 7) is 9.09. The van der Waals surface area contributed by atoms with Crippen LogP contribution in [0.4, 0.5) is 0 Å². The Morgan fingerprint density at radius 3 is 2.35 bits per heavy atom. The van der Waals surface area contributed by atoms with Gasteiger partial charge in [0, 0.05) is 18.8 Å². The molecular formula is C19H34N4O3. The maximum atomic E-state index is 12.3. The van der Waals surface area contributed by atoms with E-state index in [4.69, 9.17) is 5.11 Å². The fraction of sp³-hybridized carbons (Fsp3) is 0.737. The van der Waals surface area contributed by atoms with Crippen molar-refractivity contribution in [2.45, 2.75) is 71.9 Å². The van der Waals surface area contributed by atoms with Gasteiger partial charge in [-0.15, -0.1) is 0 Å². The summed E-state index contributed by atoms with van der Waals surface area (Å²) in [5, 5.41) is 15.8. The quantitative estimate of drug-likeness (QED) is 0.494. The van der Waals surface area contributed by atoms with Crippen LogP contribution in [-0.2, 0) is 11.3 Å². The molecule has 1 unspecified atom stereocenters. The smallest absolute Gasteiger partial charge is 0.325 e. The molecule has 0 aromatic carbocycles. The third-order valence-corrected chi connectivity index (χ3v) is 4.24. The second kappa shape index (κ2) is 12.5. The predicted octanol–water partition coefficient (Wildman–Crippen LogP) is 2.77. The van der Waals surface area contributed by atoms with Crippen molar-refractivity contribution in [2.75, 3.05) is 19.6 Å². The van der Waals surface area contributed by atoms with E-state index in [1.165, 1.54) is 49.4 Å². The molecule has 1 heterocycles. The van der Waals surface area contributed by atoms with E-state index in [9.17, 15) is 9.59 Å². The Balaban J connectivity index is 2.50. The Bertz CT molecular complexity index is 535. The lowest BCUT2D eigenvalue weighted by molar-refractivity contribution is -0.137. The van der Waals surface area contributed by atoms with Crippen LogP contribution in [-0.4, -0.2) is 57.3 Å². The van der Waals surface area contributed by atoms with E-state index in [0.717, 1.165) is 19.6 Å². The molecule has 0 bridgehead atoms. The molecule has 0 saturated heterocycles. The maximum Gasteiger partial charge on any atom is 0.325 e. The Hall–Kier alpha value is -1.89. The van der Waals surface area contributed by atoms with E-state index < -0.39 is 5.97 Å². The van der Waals surface area contributed by atoms with Gasteiger partial charge in [0.1, 0.15) is 12.2 Å². The number of aromatic nitrogens is 2. The first-order valence-corrected chi connectivity index (χ1v) is 9.74. The highest BCUT2D eigenvalue weighted by Crippen LogP contribution is 2.05. The van der Waals surface area contributed by atoms with Crippen LogP contribution in [0.15, 0.2) is 12.3 Å². The highest BCUT2D eigenvalue weighted by Gasteiger charge is 2.16. The summed E-state index contributed by atoms with van der Waals surface area (Å²) < 4.78 is 1.25. The number of carbonyl (C=O) groups is 2. The van der Waals surface area contributed by atoms with Crippen molar-refractivity contribution >= 4 is 11.9 Å². The Morgan fingerprint density at radius 1 is 1.19 bits per heavy atom. The molecule has 7 heteroatoms. The topological polar surface area (TPSA) is 87.5 Å². The number of hydrogen-bond acceptors (Lipinski definition) is 4. The SMILES string of the molecule is CCCCCN(CCCCC)CC(C)NC(=O)c1ccn(CC(=O)O)n1. The van der Waals surface area contributed by atoms with Gasteiger partial charge in [-0.05, 0) is 38.9 Å². The number of amides is 1. The van der Waals surface area contributed by atoms with Gasteiger partial charge >= 0.3 is 5.97 Å². The molecule has 26 heavy (non-hydrogen) atoms. The zero-order valence-electron chi connectivity index (χ0n) is 16.4. The largest absolute Gasteiger partial charge is 0.480 e. The molecule has 1 atom stereocenters. The van der Waals surface area contributed by atoms with Gasteiger partial charge in [-0.3, -0.25) is 14.3 Å². The standard InChI is InChI=1S/C19H34N4O3/c1-4-6-8-11-22(12-9-7-5-2)14-16(3)20-19(26)17-10-13-23(21-17)15-18(24)25/h10,13,16H,4-9,11-12,14-15H2,1-3H3,(H,20,26)(H,24,25). The first-order valence-electron chi connectivity index (χ1n) is 9.74. The lowest BCUT2D eigenvalue weighted by atomic mass is 10.2. The molecule has 1 rings (SSSR count). The van der Waals surface area contributed by atoms with Gasteiger partial charge in [0.05, 0.1) is 0 Å². The minimum atomic E-state index is -0.983. The molecule has 2 N–H and O–H groups in total. The molecule has 0 saturated carbocycles. The highest BCUT2D eigenvalue weighted by molar-refractivity contribution is 5.92. The molecule has 0 fully saturated rings. The van der Waals surface area contributed by atoms with Crippen LogP contribution in [0.25, 0.3) is 0 Å². The van der Waals surface area contributed by atoms with Crippen molar-refractivity contribution < 1.29 is 14.7 Å². The molecule has 148 valence electrons. The van der Waals surface area contributed by atoms with Crippen LogP contribution >= 0.6 is 0 Å². The first-order chi connectivity index (χ1) is 12.5. The average molecular weight is 367 g/mol. The molecule has 7 nitrogen and oxygen atoms in total. The number of aliphatic carboxylic acids is 1. The molecule has 1 amide bonds. The predicted molar refractivity (Wildman–Crippen MR) is 102 cm³/mol. The van der Waals surface area contributed by atoms with Gasteiger partial charge in [-0.2, -0.15) is 5.10 Å². The summed E-state index contributed by atoms with van der Waals surface area (Å²) in [7, 11) is 0. The maximum absolute atomic E-state index is 12.3. The Kier molecular flexibility index (Phi) is 10.6. The lowest BCUT2D eigenvalue weighted by Gasteiger charge is -2.26. The van der Waals surface area contributed by atoms with Crippen LogP contribution in [0.5, 0.6) is 0 Å². The van der Waals surface area contributed by atoms with Crippen LogP contribution in [0, 0.1) is 0 Å². The summed E-state index contributed by atoms with van der Waals surface area (Å²) in [6, 6.07) is 1.56. The molecular weight excluding hydrogens is 332 g/mol. The van der Waals surface area contributed by atoms with Crippen molar-refractivity contribution in [1.29, 1.82) is 0 Å². The first kappa shape index (κ1) is 22.2. The number of carboxylic acids is 1. The third-order valence-electron chi connectivity index (χ3n) is 4.24. The fourth-order valence-electron chi connectivity index (χ4n) is 2.91. The van der Waals surface area contributed by atoms with Crippen molar-refractivity contribution in [3.8, 4) is 0 Å². The van der Waals surface area contributed by atoms with E-state index in [1.807, 2.05) is 6.92 Å². The van der Waals surface area contributed by atoms with Gasteiger partial charge in [0.2, 0.25) is 0 Å². The zero-order chi connectivity index (χ0) is 19.4. The fourth-order valence-corrected chi connectivity index (χ4v) is 2.91. The molecule has 1 aromatic heterocycles. The van der Waals surface area contributed by atoms with E-state index in [1.54, 1.807) is 6.07 Å². The van der Waals surface area contributed by atoms with Gasteiger partial charge in [-0.1, -0.05) is 39.5 Å². The number of carboxylic acid groups (broad SMARTS) is 1. The minimum absolute atomic E-state index is 0.00961. The summed E-state index contributed by atoms with van der Waals surface area (Å²) in [4.78, 5) is 25.4. The number of rotatable bonds is 14. The molecule has 0 aliphatic heterocycles. The summed E-state index contributed by atoms with van der Waals surface area (Å²) >= 11 is 0. The van der Waals surface area contributed by atoms with Gasteiger partial charge in [0.25, 0.3) is 5.91 Å². The van der Waals surface area contributed by atoms with Crippen molar-refractivity contribution in [3.05, 3.63) is 18.0 Å². The third kappa shape index (κ3) is 8.99. The van der Waals surface area contributed by atoms with Crippen molar-refractivity contribution in [2.24, 2.45) is 0 Å². The van der Waals surface area contributed by atoms with Gasteiger partial charge in [-0.25, -0.2) is 0 Å². The number of hydrogen-bond donors (Lipinski definition) is 2. The molecule has 0 spiro atoms. The molecule has 1 aromatic rings. The molecule has 0 aliphatic carbocycles. The summed E-state index contributed by atoms with van der Waals surface area (Å²) in [6.07, 6.45) is 8.74. The van der Waals surface area contributed by atoms with E-state index >= 15 is 0 Å². The van der Waals surface area contributed by atoms with Crippen LogP contribution in [0.2, 0.25) is 0 Å². The van der Waals surface area contributed by atoms with Crippen molar-refractivity contribution in [1.82, 2.24) is 20.0 Å². The molecule has 0 radical (unpaired) electrons. The van der Waals surface area contributed by atoms with Crippen LogP contribution < -0.4 is 5.32 Å². The summed E-state index contributed by atoms with van der Waals surface area (Å²) in [5.74, 6) is -1.24. The Labute approximate surface area is 156 Å².